The van der Waals surface area contributed by atoms with Gasteiger partial charge in [-0.05, 0) is 34.1 Å². The van der Waals surface area contributed by atoms with Gasteiger partial charge in [-0.1, -0.05) is 13.0 Å². The molecule has 0 saturated carbocycles. The molecule has 0 spiro atoms. The summed E-state index contributed by atoms with van der Waals surface area (Å²) in [4.78, 5) is 0. The molecule has 1 atom stereocenters. The minimum absolute atomic E-state index is 0.279. The summed E-state index contributed by atoms with van der Waals surface area (Å²) in [6.45, 7) is 10.1. The first-order valence-electron chi connectivity index (χ1n) is 5.07. The van der Waals surface area contributed by atoms with Crippen molar-refractivity contribution in [3.63, 3.8) is 0 Å². The van der Waals surface area contributed by atoms with E-state index in [1.165, 1.54) is 0 Å². The Morgan fingerprint density at radius 3 is 2.36 bits per heavy atom. The summed E-state index contributed by atoms with van der Waals surface area (Å²) in [6, 6.07) is 0. The third-order valence-corrected chi connectivity index (χ3v) is 3.02. The van der Waals surface area contributed by atoms with Gasteiger partial charge >= 0.3 is 7.32 Å². The normalized spacial score (nSPS) is 31.4. The molecule has 0 aliphatic carbocycles. The molecule has 1 aliphatic rings. The number of allylic oxidation sites excluding steroid dienone is 1. The van der Waals surface area contributed by atoms with Gasteiger partial charge in [-0.3, -0.25) is 0 Å². The van der Waals surface area contributed by atoms with Crippen LogP contribution in [0.5, 0.6) is 0 Å². The molecule has 0 bridgehead atoms. The molecule has 3 nitrogen and oxygen atoms in total. The van der Waals surface area contributed by atoms with Gasteiger partial charge in [0.15, 0.2) is 0 Å². The Balaban J connectivity index is 2.66. The van der Waals surface area contributed by atoms with Gasteiger partial charge in [0.2, 0.25) is 0 Å². The molecule has 80 valence electrons. The second-order valence-electron chi connectivity index (χ2n) is 4.22. The monoisotopic (exact) mass is 198 g/mol. The van der Waals surface area contributed by atoms with Crippen LogP contribution in [0.3, 0.4) is 0 Å². The van der Waals surface area contributed by atoms with Gasteiger partial charge in [0.05, 0.1) is 17.5 Å². The van der Waals surface area contributed by atoms with Gasteiger partial charge in [0.1, 0.15) is 0 Å². The summed E-state index contributed by atoms with van der Waals surface area (Å²) in [6.07, 6.45) is 4.29. The van der Waals surface area contributed by atoms with Crippen LogP contribution in [-0.2, 0) is 14.0 Å². The Hall–Kier alpha value is -0.475. The Labute approximate surface area is 86.6 Å². The topological polar surface area (TPSA) is 27.7 Å². The lowest BCUT2D eigenvalue weighted by Gasteiger charge is -2.34. The van der Waals surface area contributed by atoms with Gasteiger partial charge in [-0.25, -0.2) is 0 Å². The van der Waals surface area contributed by atoms with Gasteiger partial charge < -0.3 is 14.0 Å². The number of hydrogen-bond donors (Lipinski definition) is 0. The van der Waals surface area contributed by atoms with E-state index in [1.54, 1.807) is 12.3 Å². The van der Waals surface area contributed by atoms with Crippen LogP contribution in [0.25, 0.3) is 0 Å². The lowest BCUT2D eigenvalue weighted by atomic mass is 9.86. The Bertz CT molecular complexity index is 227. The highest BCUT2D eigenvalue weighted by atomic mass is 16.8. The molecule has 0 aromatic heterocycles. The van der Waals surface area contributed by atoms with Gasteiger partial charge in [-0.2, -0.15) is 0 Å². The fraction of sp³-hybridized carbons (Fsp3) is 0.800. The maximum absolute atomic E-state index is 5.72. The number of hydrogen-bond acceptors (Lipinski definition) is 3. The second kappa shape index (κ2) is 3.95. The molecular formula is C10H19BO3. The maximum Gasteiger partial charge on any atom is 0.713 e. The van der Waals surface area contributed by atoms with Gasteiger partial charge in [0.25, 0.3) is 0 Å². The van der Waals surface area contributed by atoms with Crippen molar-refractivity contribution in [1.29, 1.82) is 0 Å². The van der Waals surface area contributed by atoms with Crippen LogP contribution in [0.1, 0.15) is 41.0 Å². The first-order valence-corrected chi connectivity index (χ1v) is 5.07. The maximum atomic E-state index is 5.72. The van der Waals surface area contributed by atoms with Crippen molar-refractivity contribution in [3.05, 3.63) is 12.3 Å². The largest absolute Gasteiger partial charge is 0.713 e. The summed E-state index contributed by atoms with van der Waals surface area (Å²) in [5, 5.41) is 0. The minimum atomic E-state index is -0.578. The van der Waals surface area contributed by atoms with Crippen molar-refractivity contribution < 1.29 is 14.0 Å². The fourth-order valence-corrected chi connectivity index (χ4v) is 1.45. The zero-order valence-electron chi connectivity index (χ0n) is 9.66. The van der Waals surface area contributed by atoms with Crippen LogP contribution in [0.4, 0.5) is 0 Å². The van der Waals surface area contributed by atoms with E-state index in [2.05, 4.69) is 6.92 Å². The zero-order chi connectivity index (χ0) is 10.8. The Kier molecular flexibility index (Phi) is 3.27. The molecule has 1 unspecified atom stereocenters. The molecule has 1 fully saturated rings. The van der Waals surface area contributed by atoms with E-state index < -0.39 is 7.32 Å². The molecule has 4 heteroatoms. The molecule has 14 heavy (non-hydrogen) atoms. The smallest absolute Gasteiger partial charge is 0.518 e. The zero-order valence-corrected chi connectivity index (χ0v) is 9.66. The number of rotatable bonds is 3. The molecule has 0 aromatic rings. The summed E-state index contributed by atoms with van der Waals surface area (Å²) < 4.78 is 16.6. The highest BCUT2D eigenvalue weighted by molar-refractivity contribution is 6.37. The van der Waals surface area contributed by atoms with Crippen LogP contribution in [0.15, 0.2) is 12.3 Å². The molecule has 0 N–H and O–H groups in total. The van der Waals surface area contributed by atoms with Crippen LogP contribution < -0.4 is 0 Å². The Morgan fingerprint density at radius 2 is 1.93 bits per heavy atom. The van der Waals surface area contributed by atoms with Crippen molar-refractivity contribution in [3.8, 4) is 0 Å². The summed E-state index contributed by atoms with van der Waals surface area (Å²) in [5.74, 6) is 0. The molecule has 0 aromatic carbocycles. The van der Waals surface area contributed by atoms with Crippen LogP contribution in [0.2, 0.25) is 0 Å². The van der Waals surface area contributed by atoms with E-state index >= 15 is 0 Å². The third-order valence-electron chi connectivity index (χ3n) is 3.02. The molecule has 1 heterocycles. The van der Waals surface area contributed by atoms with E-state index in [4.69, 9.17) is 14.0 Å². The van der Waals surface area contributed by atoms with Crippen molar-refractivity contribution in [2.45, 2.75) is 52.2 Å². The minimum Gasteiger partial charge on any atom is -0.518 e. The van der Waals surface area contributed by atoms with E-state index in [0.717, 1.165) is 6.42 Å². The van der Waals surface area contributed by atoms with Crippen LogP contribution >= 0.6 is 0 Å². The summed E-state index contributed by atoms with van der Waals surface area (Å²) in [7, 11) is -0.578. The molecule has 0 amide bonds. The van der Waals surface area contributed by atoms with Crippen molar-refractivity contribution >= 4 is 7.32 Å². The average Bonchev–Trinajstić information content (AvgIpc) is 2.35. The van der Waals surface area contributed by atoms with Crippen LogP contribution in [-0.4, -0.2) is 18.5 Å². The lowest BCUT2D eigenvalue weighted by molar-refractivity contribution is -0.0119. The van der Waals surface area contributed by atoms with E-state index in [0.29, 0.717) is 0 Å². The average molecular weight is 198 g/mol. The van der Waals surface area contributed by atoms with Crippen molar-refractivity contribution in [1.82, 2.24) is 0 Å². The highest BCUT2D eigenvalue weighted by Crippen LogP contribution is 2.39. The van der Waals surface area contributed by atoms with Gasteiger partial charge in [-0.15, -0.1) is 0 Å². The molecule has 1 rings (SSSR count). The molecule has 0 radical (unpaired) electrons. The summed E-state index contributed by atoms with van der Waals surface area (Å²) >= 11 is 0. The predicted octanol–water partition coefficient (Wildman–Crippen LogP) is 2.52. The Morgan fingerprint density at radius 1 is 1.29 bits per heavy atom. The van der Waals surface area contributed by atoms with Gasteiger partial charge in [0, 0.05) is 0 Å². The second-order valence-corrected chi connectivity index (χ2v) is 4.22. The standard InChI is InChI=1S/C10H19BO3/c1-6-8-12-11-13-9(3,4)10(5,7-2)14-11/h6,8H,7H2,1-5H3/b8-6+. The first kappa shape index (κ1) is 11.6. The molecule has 1 aliphatic heterocycles. The predicted molar refractivity (Wildman–Crippen MR) is 56.6 cm³/mol. The van der Waals surface area contributed by atoms with E-state index in [1.807, 2.05) is 27.7 Å². The van der Waals surface area contributed by atoms with Crippen LogP contribution in [0, 0.1) is 0 Å². The summed E-state index contributed by atoms with van der Waals surface area (Å²) in [5.41, 5.74) is -0.590. The van der Waals surface area contributed by atoms with Crippen molar-refractivity contribution in [2.24, 2.45) is 0 Å². The van der Waals surface area contributed by atoms with E-state index in [-0.39, 0.29) is 11.2 Å². The molecule has 1 saturated heterocycles. The third kappa shape index (κ3) is 1.96. The lowest BCUT2D eigenvalue weighted by Crippen LogP contribution is -2.44. The quantitative estimate of drug-likeness (QED) is 0.515. The SMILES string of the molecule is C/C=C/OB1OC(C)(C)C(C)(CC)O1. The van der Waals surface area contributed by atoms with E-state index in [9.17, 15) is 0 Å². The first-order chi connectivity index (χ1) is 6.45. The molecular weight excluding hydrogens is 179 g/mol. The fourth-order valence-electron chi connectivity index (χ4n) is 1.45. The van der Waals surface area contributed by atoms with Crippen molar-refractivity contribution in [2.75, 3.05) is 0 Å². The highest BCUT2D eigenvalue weighted by Gasteiger charge is 2.55.